The number of benzene rings is 1. The third-order valence-electron chi connectivity index (χ3n) is 4.01. The number of phenolic OH excluding ortho intramolecular Hbond substituents is 1. The van der Waals surface area contributed by atoms with Gasteiger partial charge in [0.05, 0.1) is 6.54 Å². The first-order valence-corrected chi connectivity index (χ1v) is 8.61. The van der Waals surface area contributed by atoms with Crippen LogP contribution in [0.15, 0.2) is 29.3 Å². The second kappa shape index (κ2) is 8.57. The molecule has 1 amide bonds. The highest BCUT2D eigenvalue weighted by Crippen LogP contribution is 2.13. The molecule has 0 radical (unpaired) electrons. The second-order valence-electron chi connectivity index (χ2n) is 6.43. The molecule has 1 heterocycles. The lowest BCUT2D eigenvalue weighted by atomic mass is 10.2. The Morgan fingerprint density at radius 3 is 2.92 bits per heavy atom. The molecule has 1 aromatic carbocycles. The summed E-state index contributed by atoms with van der Waals surface area (Å²) in [5.74, 6) is 1.24. The molecule has 2 rings (SSSR count). The fourth-order valence-electron chi connectivity index (χ4n) is 2.78. The van der Waals surface area contributed by atoms with Crippen LogP contribution in [0.25, 0.3) is 0 Å². The van der Waals surface area contributed by atoms with Crippen molar-refractivity contribution >= 4 is 11.9 Å². The summed E-state index contributed by atoms with van der Waals surface area (Å²) >= 11 is 0. The van der Waals surface area contributed by atoms with Crippen molar-refractivity contribution in [3.63, 3.8) is 0 Å². The Balaban J connectivity index is 1.94. The summed E-state index contributed by atoms with van der Waals surface area (Å²) in [5.41, 5.74) is 0.954. The van der Waals surface area contributed by atoms with Crippen LogP contribution in [0.4, 0.5) is 0 Å². The van der Waals surface area contributed by atoms with Crippen molar-refractivity contribution in [2.45, 2.75) is 39.8 Å². The number of amides is 1. The number of hydrogen-bond acceptors (Lipinski definition) is 3. The third-order valence-corrected chi connectivity index (χ3v) is 4.01. The first-order valence-electron chi connectivity index (χ1n) is 8.61. The van der Waals surface area contributed by atoms with Gasteiger partial charge in [0.1, 0.15) is 5.75 Å². The first kappa shape index (κ1) is 18.1. The number of phenols is 1. The number of nitrogens with zero attached hydrogens (tertiary/aromatic N) is 2. The number of carbonyl (C=O) groups excluding carboxylic acids is 1. The Bertz CT molecular complexity index is 586. The second-order valence-corrected chi connectivity index (χ2v) is 6.43. The molecule has 1 saturated heterocycles. The molecule has 3 N–H and O–H groups in total. The Hall–Kier alpha value is -2.24. The van der Waals surface area contributed by atoms with Crippen LogP contribution in [0.1, 0.15) is 32.8 Å². The van der Waals surface area contributed by atoms with E-state index in [4.69, 9.17) is 0 Å². The van der Waals surface area contributed by atoms with E-state index in [1.807, 2.05) is 37.8 Å². The van der Waals surface area contributed by atoms with Crippen LogP contribution in [-0.2, 0) is 11.3 Å². The van der Waals surface area contributed by atoms with Gasteiger partial charge in [0.15, 0.2) is 5.96 Å². The zero-order valence-corrected chi connectivity index (χ0v) is 14.7. The molecule has 0 spiro atoms. The summed E-state index contributed by atoms with van der Waals surface area (Å²) in [5, 5.41) is 16.2. The molecular weight excluding hydrogens is 304 g/mol. The fraction of sp³-hybridized carbons (Fsp3) is 0.556. The highest BCUT2D eigenvalue weighted by atomic mass is 16.3. The average Bonchev–Trinajstić information content (AvgIpc) is 3.00. The summed E-state index contributed by atoms with van der Waals surface area (Å²) in [4.78, 5) is 18.6. The molecule has 1 atom stereocenters. The molecule has 132 valence electrons. The molecule has 1 aliphatic rings. The molecule has 0 bridgehead atoms. The van der Waals surface area contributed by atoms with Crippen molar-refractivity contribution in [3.05, 3.63) is 29.8 Å². The van der Waals surface area contributed by atoms with Gasteiger partial charge in [-0.1, -0.05) is 26.0 Å². The van der Waals surface area contributed by atoms with Crippen molar-refractivity contribution < 1.29 is 9.90 Å². The number of rotatable bonds is 5. The number of nitrogens with one attached hydrogen (secondary N) is 2. The minimum Gasteiger partial charge on any atom is -0.508 e. The smallest absolute Gasteiger partial charge is 0.225 e. The zero-order chi connectivity index (χ0) is 17.5. The van der Waals surface area contributed by atoms with E-state index in [2.05, 4.69) is 15.6 Å². The van der Waals surface area contributed by atoms with Crippen LogP contribution >= 0.6 is 0 Å². The van der Waals surface area contributed by atoms with Gasteiger partial charge in [-0.15, -0.1) is 0 Å². The van der Waals surface area contributed by atoms with E-state index in [0.29, 0.717) is 13.1 Å². The predicted molar refractivity (Wildman–Crippen MR) is 95.9 cm³/mol. The molecule has 1 unspecified atom stereocenters. The van der Waals surface area contributed by atoms with E-state index in [9.17, 15) is 9.90 Å². The van der Waals surface area contributed by atoms with Gasteiger partial charge in [0.25, 0.3) is 0 Å². The molecular formula is C18H28N4O2. The van der Waals surface area contributed by atoms with Gasteiger partial charge in [-0.2, -0.15) is 0 Å². The van der Waals surface area contributed by atoms with E-state index in [1.165, 1.54) is 0 Å². The average molecular weight is 332 g/mol. The van der Waals surface area contributed by atoms with Crippen molar-refractivity contribution in [3.8, 4) is 5.75 Å². The third kappa shape index (κ3) is 5.15. The topological polar surface area (TPSA) is 77.0 Å². The van der Waals surface area contributed by atoms with E-state index in [-0.39, 0.29) is 23.6 Å². The standard InChI is InChI=1S/C18H28N4O2/c1-4-19-18(20-11-14-6-5-7-16(23)10-14)21-15-8-9-22(12-15)17(24)13(2)3/h5-7,10,13,15,23H,4,8-9,11-12H2,1-3H3,(H2,19,20,21). The van der Waals surface area contributed by atoms with Crippen LogP contribution in [0.5, 0.6) is 5.75 Å². The van der Waals surface area contributed by atoms with Crippen LogP contribution in [0.2, 0.25) is 0 Å². The number of aromatic hydroxyl groups is 1. The zero-order valence-electron chi connectivity index (χ0n) is 14.7. The lowest BCUT2D eigenvalue weighted by Gasteiger charge is -2.20. The maximum atomic E-state index is 12.1. The first-order chi connectivity index (χ1) is 11.5. The minimum atomic E-state index is 0.0383. The molecule has 1 aliphatic heterocycles. The Kier molecular flexibility index (Phi) is 6.46. The molecule has 1 aromatic rings. The molecule has 6 nitrogen and oxygen atoms in total. The van der Waals surface area contributed by atoms with E-state index < -0.39 is 0 Å². The lowest BCUT2D eigenvalue weighted by molar-refractivity contribution is -0.133. The lowest BCUT2D eigenvalue weighted by Crippen LogP contribution is -2.45. The highest BCUT2D eigenvalue weighted by Gasteiger charge is 2.27. The molecule has 0 saturated carbocycles. The number of aliphatic imine (C=N–C) groups is 1. The normalized spacial score (nSPS) is 18.1. The molecule has 0 aromatic heterocycles. The van der Waals surface area contributed by atoms with E-state index in [0.717, 1.165) is 31.0 Å². The van der Waals surface area contributed by atoms with Crippen molar-refractivity contribution in [2.75, 3.05) is 19.6 Å². The van der Waals surface area contributed by atoms with Gasteiger partial charge in [-0.3, -0.25) is 4.79 Å². The summed E-state index contributed by atoms with van der Waals surface area (Å²) < 4.78 is 0. The fourth-order valence-corrected chi connectivity index (χ4v) is 2.78. The summed E-state index contributed by atoms with van der Waals surface area (Å²) in [6.45, 7) is 8.66. The molecule has 1 fully saturated rings. The Morgan fingerprint density at radius 2 is 2.25 bits per heavy atom. The van der Waals surface area contributed by atoms with Crippen LogP contribution < -0.4 is 10.6 Å². The summed E-state index contributed by atoms with van der Waals surface area (Å²) in [7, 11) is 0. The van der Waals surface area contributed by atoms with Gasteiger partial charge < -0.3 is 20.6 Å². The van der Waals surface area contributed by atoms with E-state index >= 15 is 0 Å². The maximum absolute atomic E-state index is 12.1. The molecule has 0 aliphatic carbocycles. The Morgan fingerprint density at radius 1 is 1.46 bits per heavy atom. The predicted octanol–water partition coefficient (Wildman–Crippen LogP) is 1.70. The van der Waals surface area contributed by atoms with Crippen LogP contribution in [0.3, 0.4) is 0 Å². The van der Waals surface area contributed by atoms with Crippen molar-refractivity contribution in [1.29, 1.82) is 0 Å². The number of hydrogen-bond donors (Lipinski definition) is 3. The van der Waals surface area contributed by atoms with E-state index in [1.54, 1.807) is 12.1 Å². The minimum absolute atomic E-state index is 0.0383. The molecule has 6 heteroatoms. The largest absolute Gasteiger partial charge is 0.508 e. The Labute approximate surface area is 144 Å². The van der Waals surface area contributed by atoms with Gasteiger partial charge in [-0.05, 0) is 31.0 Å². The SMILES string of the molecule is CCNC(=NCc1cccc(O)c1)NC1CCN(C(=O)C(C)C)C1. The van der Waals surface area contributed by atoms with Crippen molar-refractivity contribution in [2.24, 2.45) is 10.9 Å². The molecule has 24 heavy (non-hydrogen) atoms. The highest BCUT2D eigenvalue weighted by molar-refractivity contribution is 5.81. The number of likely N-dealkylation sites (tertiary alicyclic amines) is 1. The van der Waals surface area contributed by atoms with Crippen LogP contribution in [-0.4, -0.2) is 47.5 Å². The van der Waals surface area contributed by atoms with Crippen LogP contribution in [0, 0.1) is 5.92 Å². The quantitative estimate of drug-likeness (QED) is 0.567. The number of guanidine groups is 1. The van der Waals surface area contributed by atoms with Gasteiger partial charge in [0, 0.05) is 31.6 Å². The van der Waals surface area contributed by atoms with Crippen molar-refractivity contribution in [1.82, 2.24) is 15.5 Å². The monoisotopic (exact) mass is 332 g/mol. The number of carbonyl (C=O) groups is 1. The summed E-state index contributed by atoms with van der Waals surface area (Å²) in [6, 6.07) is 7.33. The maximum Gasteiger partial charge on any atom is 0.225 e. The van der Waals surface area contributed by atoms with Gasteiger partial charge >= 0.3 is 0 Å². The van der Waals surface area contributed by atoms with Gasteiger partial charge in [-0.25, -0.2) is 4.99 Å². The van der Waals surface area contributed by atoms with Gasteiger partial charge in [0.2, 0.25) is 5.91 Å². The summed E-state index contributed by atoms with van der Waals surface area (Å²) in [6.07, 6.45) is 0.926.